The third kappa shape index (κ3) is 4.32. The Morgan fingerprint density at radius 2 is 1.82 bits per heavy atom. The molecule has 0 spiro atoms. The lowest BCUT2D eigenvalue weighted by molar-refractivity contribution is -0.141. The van der Waals surface area contributed by atoms with Crippen LogP contribution in [0.1, 0.15) is 38.8 Å². The first-order valence-corrected chi connectivity index (χ1v) is 11.2. The van der Waals surface area contributed by atoms with Crippen LogP contribution in [0, 0.1) is 18.3 Å². The summed E-state index contributed by atoms with van der Waals surface area (Å²) in [6.07, 6.45) is -0.119. The van der Waals surface area contributed by atoms with Crippen molar-refractivity contribution < 1.29 is 19.0 Å². The van der Waals surface area contributed by atoms with Crippen molar-refractivity contribution in [2.45, 2.75) is 52.0 Å². The summed E-state index contributed by atoms with van der Waals surface area (Å²) >= 11 is 5.74. The van der Waals surface area contributed by atoms with Crippen molar-refractivity contribution in [2.24, 2.45) is 0 Å². The molecule has 7 nitrogen and oxygen atoms in total. The molecule has 1 unspecified atom stereocenters. The normalized spacial score (nSPS) is 21.4. The van der Waals surface area contributed by atoms with E-state index in [0.29, 0.717) is 35.3 Å². The third-order valence-corrected chi connectivity index (χ3v) is 6.22. The maximum absolute atomic E-state index is 13.3. The second-order valence-corrected chi connectivity index (χ2v) is 9.55. The summed E-state index contributed by atoms with van der Waals surface area (Å²) in [5, 5.41) is 9.60. The van der Waals surface area contributed by atoms with Gasteiger partial charge in [0.05, 0.1) is 23.9 Å². The highest BCUT2D eigenvalue weighted by Crippen LogP contribution is 2.37. The van der Waals surface area contributed by atoms with Crippen molar-refractivity contribution in [1.82, 2.24) is 0 Å². The van der Waals surface area contributed by atoms with E-state index in [1.165, 1.54) is 4.90 Å². The number of benzene rings is 2. The molecule has 2 aromatic rings. The maximum atomic E-state index is 13.3. The number of rotatable bonds is 5. The molecule has 0 N–H and O–H groups in total. The number of nitrogens with zero attached hydrogens (tertiary/aromatic N) is 3. The lowest BCUT2D eigenvalue weighted by Crippen LogP contribution is -2.44. The molecule has 4 rings (SSSR count). The number of hydrogen-bond donors (Lipinski definition) is 0. The fourth-order valence-electron chi connectivity index (χ4n) is 4.09. The molecule has 8 heteroatoms. The predicted molar refractivity (Wildman–Crippen MR) is 129 cm³/mol. The van der Waals surface area contributed by atoms with Gasteiger partial charge in [-0.3, -0.25) is 9.69 Å². The minimum Gasteiger partial charge on any atom is -0.491 e. The Balaban J connectivity index is 1.52. The summed E-state index contributed by atoms with van der Waals surface area (Å²) in [6, 6.07) is 14.9. The topological polar surface area (TPSA) is 75.0 Å². The fraction of sp³-hybridized carbons (Fsp3) is 0.400. The van der Waals surface area contributed by atoms with Crippen LogP contribution in [0.4, 0.5) is 11.4 Å². The van der Waals surface area contributed by atoms with Crippen molar-refractivity contribution >= 4 is 34.6 Å². The number of anilines is 2. The van der Waals surface area contributed by atoms with E-state index in [2.05, 4.69) is 6.07 Å². The van der Waals surface area contributed by atoms with Gasteiger partial charge in [0.2, 0.25) is 0 Å². The van der Waals surface area contributed by atoms with Crippen LogP contribution in [-0.4, -0.2) is 41.7 Å². The average molecular weight is 466 g/mol. The van der Waals surface area contributed by atoms with E-state index in [4.69, 9.17) is 26.4 Å². The molecule has 1 amide bonds. The monoisotopic (exact) mass is 465 g/mol. The van der Waals surface area contributed by atoms with Crippen LogP contribution in [0.25, 0.3) is 0 Å². The summed E-state index contributed by atoms with van der Waals surface area (Å²) < 4.78 is 17.2. The van der Waals surface area contributed by atoms with Gasteiger partial charge in [-0.05, 0) is 94.9 Å². The Morgan fingerprint density at radius 3 is 2.39 bits per heavy atom. The first kappa shape index (κ1) is 23.2. The number of thiocarbonyl (C=S) groups is 1. The van der Waals surface area contributed by atoms with Gasteiger partial charge < -0.3 is 19.1 Å². The Hall–Kier alpha value is -2.99. The van der Waals surface area contributed by atoms with Gasteiger partial charge >= 0.3 is 0 Å². The molecule has 2 aliphatic heterocycles. The third-order valence-electron chi connectivity index (χ3n) is 5.85. The molecule has 2 aliphatic rings. The predicted octanol–water partition coefficient (Wildman–Crippen LogP) is 4.31. The lowest BCUT2D eigenvalue weighted by atomic mass is 10.0. The largest absolute Gasteiger partial charge is 0.491 e. The summed E-state index contributed by atoms with van der Waals surface area (Å²) in [6.45, 7) is 10.2. The lowest BCUT2D eigenvalue weighted by Gasteiger charge is -2.29. The van der Waals surface area contributed by atoms with Gasteiger partial charge in [0, 0.05) is 5.69 Å². The highest BCUT2D eigenvalue weighted by atomic mass is 32.1. The van der Waals surface area contributed by atoms with Gasteiger partial charge in [-0.15, -0.1) is 0 Å². The van der Waals surface area contributed by atoms with Crippen LogP contribution in [0.15, 0.2) is 42.5 Å². The highest BCUT2D eigenvalue weighted by molar-refractivity contribution is 7.81. The van der Waals surface area contributed by atoms with E-state index >= 15 is 0 Å². The quantitative estimate of drug-likeness (QED) is 0.609. The Morgan fingerprint density at radius 1 is 1.15 bits per heavy atom. The fourth-order valence-corrected chi connectivity index (χ4v) is 4.62. The molecule has 2 saturated heterocycles. The van der Waals surface area contributed by atoms with Crippen LogP contribution in [0.3, 0.4) is 0 Å². The number of carbonyl (C=O) groups is 1. The molecule has 1 atom stereocenters. The molecular formula is C25H27N3O4S. The molecule has 2 fully saturated rings. The van der Waals surface area contributed by atoms with E-state index in [1.807, 2.05) is 69.9 Å². The molecule has 2 heterocycles. The van der Waals surface area contributed by atoms with Crippen molar-refractivity contribution in [3.05, 3.63) is 53.6 Å². The van der Waals surface area contributed by atoms with E-state index in [-0.39, 0.29) is 12.0 Å². The van der Waals surface area contributed by atoms with Crippen molar-refractivity contribution in [3.63, 3.8) is 0 Å². The van der Waals surface area contributed by atoms with Crippen LogP contribution < -0.4 is 14.5 Å². The second kappa shape index (κ2) is 8.41. The van der Waals surface area contributed by atoms with Gasteiger partial charge in [-0.1, -0.05) is 0 Å². The minimum atomic E-state index is -0.873. The van der Waals surface area contributed by atoms with Crippen LogP contribution >= 0.6 is 12.2 Å². The number of aryl methyl sites for hydroxylation is 1. The molecule has 0 saturated carbocycles. The Kier molecular flexibility index (Phi) is 5.91. The van der Waals surface area contributed by atoms with Gasteiger partial charge in [-0.25, -0.2) is 0 Å². The van der Waals surface area contributed by atoms with Crippen molar-refractivity contribution in [1.29, 1.82) is 5.26 Å². The number of carbonyl (C=O) groups excluding carboxylic acids is 1. The SMILES string of the molecule is Cc1cc(N2C(=O)C(C)(C)N(c3ccc(OCC4COC(C)(C)O4)cc3)C2=S)ccc1C#N. The smallest absolute Gasteiger partial charge is 0.259 e. The van der Waals surface area contributed by atoms with E-state index in [1.54, 1.807) is 12.1 Å². The van der Waals surface area contributed by atoms with Crippen LogP contribution in [-0.2, 0) is 14.3 Å². The minimum absolute atomic E-state index is 0.119. The van der Waals surface area contributed by atoms with Gasteiger partial charge in [0.15, 0.2) is 10.9 Å². The molecule has 172 valence electrons. The zero-order valence-electron chi connectivity index (χ0n) is 19.4. The van der Waals surface area contributed by atoms with Gasteiger partial charge in [-0.2, -0.15) is 5.26 Å². The molecule has 0 radical (unpaired) electrons. The first-order chi connectivity index (χ1) is 15.5. The molecule has 0 aliphatic carbocycles. The average Bonchev–Trinajstić information content (AvgIpc) is 3.19. The van der Waals surface area contributed by atoms with Crippen LogP contribution in [0.5, 0.6) is 5.75 Å². The van der Waals surface area contributed by atoms with Crippen molar-refractivity contribution in [2.75, 3.05) is 23.0 Å². The number of nitriles is 1. The zero-order chi connectivity index (χ0) is 24.0. The van der Waals surface area contributed by atoms with E-state index in [9.17, 15) is 10.1 Å². The summed E-state index contributed by atoms with van der Waals surface area (Å²) in [5.41, 5.74) is 1.94. The second-order valence-electron chi connectivity index (χ2n) is 9.18. The standard InChI is InChI=1S/C25H27N3O4S/c1-16-12-19(7-6-17(16)13-26)27-22(29)24(2,3)28(23(27)33)18-8-10-20(11-9-18)30-14-21-15-31-25(4,5)32-21/h6-12,21H,14-15H2,1-5H3. The Bertz CT molecular complexity index is 1140. The summed E-state index contributed by atoms with van der Waals surface area (Å²) in [4.78, 5) is 16.7. The van der Waals surface area contributed by atoms with E-state index < -0.39 is 11.3 Å². The van der Waals surface area contributed by atoms with Crippen molar-refractivity contribution in [3.8, 4) is 11.8 Å². The number of amides is 1. The number of ether oxygens (including phenoxy) is 3. The molecule has 33 heavy (non-hydrogen) atoms. The van der Waals surface area contributed by atoms with Gasteiger partial charge in [0.1, 0.15) is 24.0 Å². The molecule has 2 aromatic carbocycles. The summed E-state index contributed by atoms with van der Waals surface area (Å²) in [5.74, 6) is -0.0142. The number of hydrogen-bond acceptors (Lipinski definition) is 6. The first-order valence-electron chi connectivity index (χ1n) is 10.8. The Labute approximate surface area is 199 Å². The van der Waals surface area contributed by atoms with Gasteiger partial charge in [0.25, 0.3) is 5.91 Å². The molecule has 0 bridgehead atoms. The molecular weight excluding hydrogens is 438 g/mol. The zero-order valence-corrected chi connectivity index (χ0v) is 20.2. The van der Waals surface area contributed by atoms with E-state index in [0.717, 1.165) is 11.3 Å². The van der Waals surface area contributed by atoms with Crippen LogP contribution in [0.2, 0.25) is 0 Å². The molecule has 0 aromatic heterocycles. The maximum Gasteiger partial charge on any atom is 0.259 e. The summed E-state index contributed by atoms with van der Waals surface area (Å²) in [7, 11) is 0. The highest BCUT2D eigenvalue weighted by Gasteiger charge is 2.50.